The number of carbonyl (C=O) groups is 2. The number of anilines is 1. The summed E-state index contributed by atoms with van der Waals surface area (Å²) in [6.07, 6.45) is 1.57. The highest BCUT2D eigenvalue weighted by Crippen LogP contribution is 2.08. The number of aryl methyl sites for hydroxylation is 1. The topological polar surface area (TPSA) is 87.3 Å². The highest BCUT2D eigenvalue weighted by molar-refractivity contribution is 7.84. The Kier molecular flexibility index (Phi) is 6.08. The minimum Gasteiger partial charge on any atom is -0.376 e. The fourth-order valence-corrected chi connectivity index (χ4v) is 2.41. The van der Waals surface area contributed by atoms with E-state index in [1.165, 1.54) is 0 Å². The molecule has 1 atom stereocenters. The Morgan fingerprint density at radius 2 is 1.58 bits per heavy atom. The second kappa shape index (κ2) is 8.26. The normalized spacial score (nSPS) is 11.4. The average Bonchev–Trinajstić information content (AvgIpc) is 2.59. The van der Waals surface area contributed by atoms with E-state index >= 15 is 0 Å². The van der Waals surface area contributed by atoms with E-state index in [1.54, 1.807) is 30.5 Å². The Hall–Kier alpha value is -2.67. The van der Waals surface area contributed by atoms with Crippen molar-refractivity contribution < 1.29 is 13.8 Å². The van der Waals surface area contributed by atoms with E-state index in [9.17, 15) is 13.8 Å². The molecule has 3 N–H and O–H groups in total. The minimum absolute atomic E-state index is 0.0388. The van der Waals surface area contributed by atoms with Crippen LogP contribution < -0.4 is 16.2 Å². The van der Waals surface area contributed by atoms with E-state index in [0.29, 0.717) is 10.5 Å². The Morgan fingerprint density at radius 1 is 0.958 bits per heavy atom. The summed E-state index contributed by atoms with van der Waals surface area (Å²) >= 11 is 0. The van der Waals surface area contributed by atoms with Crippen LogP contribution in [-0.4, -0.2) is 28.8 Å². The van der Waals surface area contributed by atoms with Crippen molar-refractivity contribution in [2.24, 2.45) is 0 Å². The molecule has 0 aliphatic carbocycles. The lowest BCUT2D eigenvalue weighted by molar-refractivity contribution is -0.120. The molecule has 0 heterocycles. The van der Waals surface area contributed by atoms with Gasteiger partial charge in [0.2, 0.25) is 0 Å². The van der Waals surface area contributed by atoms with Crippen LogP contribution in [0.25, 0.3) is 0 Å². The first-order valence-corrected chi connectivity index (χ1v) is 8.85. The van der Waals surface area contributed by atoms with Crippen LogP contribution in [0.15, 0.2) is 53.4 Å². The number of amides is 2. The van der Waals surface area contributed by atoms with E-state index < -0.39 is 16.7 Å². The zero-order valence-electron chi connectivity index (χ0n) is 13.5. The minimum atomic E-state index is -1.09. The molecule has 7 heteroatoms. The fraction of sp³-hybridized carbons (Fsp3) is 0.176. The van der Waals surface area contributed by atoms with Crippen LogP contribution >= 0.6 is 0 Å². The number of rotatable bonds is 5. The predicted octanol–water partition coefficient (Wildman–Crippen LogP) is 1.61. The zero-order valence-corrected chi connectivity index (χ0v) is 14.3. The van der Waals surface area contributed by atoms with Gasteiger partial charge in [-0.05, 0) is 43.3 Å². The number of nitrogens with one attached hydrogen (secondary N) is 3. The molecule has 0 bridgehead atoms. The van der Waals surface area contributed by atoms with E-state index in [0.717, 1.165) is 11.3 Å². The number of hydrogen-bond acceptors (Lipinski definition) is 4. The van der Waals surface area contributed by atoms with Gasteiger partial charge in [0.15, 0.2) is 0 Å². The van der Waals surface area contributed by atoms with Crippen molar-refractivity contribution in [1.82, 2.24) is 10.9 Å². The highest BCUT2D eigenvalue weighted by Gasteiger charge is 2.08. The third-order valence-electron chi connectivity index (χ3n) is 3.27. The Labute approximate surface area is 143 Å². The van der Waals surface area contributed by atoms with Gasteiger partial charge in [0, 0.05) is 33.2 Å². The summed E-state index contributed by atoms with van der Waals surface area (Å²) in [5, 5.41) is 2.96. The van der Waals surface area contributed by atoms with Crippen molar-refractivity contribution in [2.75, 3.05) is 18.1 Å². The molecule has 0 saturated heterocycles. The Morgan fingerprint density at radius 3 is 2.17 bits per heavy atom. The van der Waals surface area contributed by atoms with E-state index in [4.69, 9.17) is 0 Å². The maximum atomic E-state index is 11.9. The predicted molar refractivity (Wildman–Crippen MR) is 94.1 cm³/mol. The maximum Gasteiger partial charge on any atom is 0.269 e. The van der Waals surface area contributed by atoms with Crippen molar-refractivity contribution in [1.29, 1.82) is 0 Å². The van der Waals surface area contributed by atoms with Crippen LogP contribution in [0, 0.1) is 6.92 Å². The molecule has 2 aromatic carbocycles. The van der Waals surface area contributed by atoms with E-state index in [2.05, 4.69) is 16.2 Å². The lowest BCUT2D eigenvalue weighted by Gasteiger charge is -2.09. The molecule has 1 unspecified atom stereocenters. The summed E-state index contributed by atoms with van der Waals surface area (Å²) in [7, 11) is -1.09. The second-order valence-electron chi connectivity index (χ2n) is 5.20. The number of hydrogen-bond donors (Lipinski definition) is 3. The molecule has 0 aromatic heterocycles. The molecule has 2 amide bonds. The number of carbonyl (C=O) groups excluding carboxylic acids is 2. The van der Waals surface area contributed by atoms with Crippen molar-refractivity contribution >= 4 is 28.3 Å². The molecule has 0 spiro atoms. The highest BCUT2D eigenvalue weighted by atomic mass is 32.2. The number of benzene rings is 2. The van der Waals surface area contributed by atoms with Gasteiger partial charge in [0.05, 0.1) is 6.54 Å². The molecule has 0 aliphatic rings. The van der Waals surface area contributed by atoms with Crippen LogP contribution in [0.1, 0.15) is 15.9 Å². The summed E-state index contributed by atoms with van der Waals surface area (Å²) in [5.41, 5.74) is 7.01. The first-order valence-electron chi connectivity index (χ1n) is 7.29. The van der Waals surface area contributed by atoms with E-state index in [-0.39, 0.29) is 12.5 Å². The molecule has 24 heavy (non-hydrogen) atoms. The van der Waals surface area contributed by atoms with Gasteiger partial charge in [-0.3, -0.25) is 24.6 Å². The molecule has 0 radical (unpaired) electrons. The second-order valence-corrected chi connectivity index (χ2v) is 6.58. The summed E-state index contributed by atoms with van der Waals surface area (Å²) in [5.74, 6) is -0.803. The third kappa shape index (κ3) is 5.20. The van der Waals surface area contributed by atoms with Crippen molar-refractivity contribution in [3.05, 3.63) is 59.7 Å². The fourth-order valence-electron chi connectivity index (χ4n) is 1.89. The van der Waals surface area contributed by atoms with Gasteiger partial charge in [-0.2, -0.15) is 0 Å². The molecular weight excluding hydrogens is 326 g/mol. The quantitative estimate of drug-likeness (QED) is 0.719. The Balaban J connectivity index is 1.79. The van der Waals surface area contributed by atoms with Crippen LogP contribution in [0.4, 0.5) is 5.69 Å². The molecule has 0 aliphatic heterocycles. The molecule has 6 nitrogen and oxygen atoms in total. The lowest BCUT2D eigenvalue weighted by Crippen LogP contribution is -2.44. The summed E-state index contributed by atoms with van der Waals surface area (Å²) < 4.78 is 11.3. The van der Waals surface area contributed by atoms with Gasteiger partial charge < -0.3 is 5.32 Å². The average molecular weight is 345 g/mol. The third-order valence-corrected chi connectivity index (χ3v) is 4.20. The van der Waals surface area contributed by atoms with Gasteiger partial charge >= 0.3 is 0 Å². The molecule has 2 rings (SSSR count). The van der Waals surface area contributed by atoms with Gasteiger partial charge in [-0.25, -0.2) is 0 Å². The lowest BCUT2D eigenvalue weighted by atomic mass is 10.2. The molecule has 0 fully saturated rings. The van der Waals surface area contributed by atoms with Crippen LogP contribution in [0.3, 0.4) is 0 Å². The Bertz CT molecular complexity index is 743. The maximum absolute atomic E-state index is 11.9. The van der Waals surface area contributed by atoms with Gasteiger partial charge in [0.1, 0.15) is 0 Å². The van der Waals surface area contributed by atoms with Crippen LogP contribution in [0.2, 0.25) is 0 Å². The van der Waals surface area contributed by atoms with Crippen LogP contribution in [0.5, 0.6) is 0 Å². The summed E-state index contributed by atoms with van der Waals surface area (Å²) in [6.45, 7) is 2.02. The zero-order chi connectivity index (χ0) is 17.5. The largest absolute Gasteiger partial charge is 0.376 e. The summed E-state index contributed by atoms with van der Waals surface area (Å²) in [6, 6.07) is 14.0. The first-order chi connectivity index (χ1) is 11.5. The number of hydrazine groups is 1. The molecule has 2 aromatic rings. The van der Waals surface area contributed by atoms with Gasteiger partial charge in [0.25, 0.3) is 11.8 Å². The van der Waals surface area contributed by atoms with Crippen molar-refractivity contribution in [3.8, 4) is 0 Å². The molecule has 126 valence electrons. The monoisotopic (exact) mass is 345 g/mol. The standard InChI is InChI=1S/C17H19N3O3S/c1-12-3-7-14(8-4-12)18-11-16(21)19-20-17(22)13-5-9-15(10-6-13)24(2)23/h3-10,18H,11H2,1-2H3,(H,19,21)(H,20,22). The van der Waals surface area contributed by atoms with Gasteiger partial charge in [-0.1, -0.05) is 17.7 Å². The molecule has 0 saturated carbocycles. The van der Waals surface area contributed by atoms with Gasteiger partial charge in [-0.15, -0.1) is 0 Å². The smallest absolute Gasteiger partial charge is 0.269 e. The first kappa shape index (κ1) is 17.7. The molecular formula is C17H19N3O3S. The van der Waals surface area contributed by atoms with E-state index in [1.807, 2.05) is 31.2 Å². The van der Waals surface area contributed by atoms with Crippen LogP contribution in [-0.2, 0) is 15.6 Å². The van der Waals surface area contributed by atoms with Crippen molar-refractivity contribution in [3.63, 3.8) is 0 Å². The van der Waals surface area contributed by atoms with Crippen molar-refractivity contribution in [2.45, 2.75) is 11.8 Å². The SMILES string of the molecule is Cc1ccc(NCC(=O)NNC(=O)c2ccc(S(C)=O)cc2)cc1. The summed E-state index contributed by atoms with van der Waals surface area (Å²) in [4.78, 5) is 24.3.